The van der Waals surface area contributed by atoms with Gasteiger partial charge in [0.15, 0.2) is 0 Å². The van der Waals surface area contributed by atoms with Crippen molar-refractivity contribution in [2.24, 2.45) is 0 Å². The lowest BCUT2D eigenvalue weighted by atomic mass is 10.1. The minimum Gasteiger partial charge on any atom is -0.494 e. The molecule has 1 atom stereocenters. The smallest absolute Gasteiger partial charge is 0.251 e. The van der Waals surface area contributed by atoms with Crippen molar-refractivity contribution < 1.29 is 23.8 Å². The van der Waals surface area contributed by atoms with Crippen LogP contribution in [0.4, 0.5) is 0 Å². The van der Waals surface area contributed by atoms with Gasteiger partial charge in [-0.15, -0.1) is 0 Å². The van der Waals surface area contributed by atoms with Crippen LogP contribution < -0.4 is 24.8 Å². The summed E-state index contributed by atoms with van der Waals surface area (Å²) < 4.78 is 16.9. The summed E-state index contributed by atoms with van der Waals surface area (Å²) in [5, 5.41) is 5.45. The Bertz CT molecular complexity index is 895. The molecule has 7 heteroatoms. The van der Waals surface area contributed by atoms with Gasteiger partial charge in [0.1, 0.15) is 23.4 Å². The Kier molecular flexibility index (Phi) is 7.17. The van der Waals surface area contributed by atoms with Gasteiger partial charge >= 0.3 is 0 Å². The Morgan fingerprint density at radius 3 is 2.50 bits per heavy atom. The molecule has 1 aliphatic rings. The van der Waals surface area contributed by atoms with E-state index in [0.717, 1.165) is 29.0 Å². The van der Waals surface area contributed by atoms with Crippen LogP contribution in [-0.4, -0.2) is 37.7 Å². The first-order valence-corrected chi connectivity index (χ1v) is 10.2. The summed E-state index contributed by atoms with van der Waals surface area (Å²) in [5.74, 6) is 1.67. The van der Waals surface area contributed by atoms with Gasteiger partial charge in [0.2, 0.25) is 5.91 Å². The highest BCUT2D eigenvalue weighted by Crippen LogP contribution is 2.35. The molecule has 3 rings (SSSR count). The zero-order chi connectivity index (χ0) is 21.5. The standard InChI is InChI=1S/C23H28N2O5/c1-4-28-19-8-6-16(7-9-19)23(27)25-14-22(26)24-13-18-12-21-17(10-15(3)30-21)11-20(18)29-5-2/h6-9,11-12,15H,4-5,10,13-14H2,1-3H3,(H,24,26)(H,25,27)/t15-/m1/s1. The highest BCUT2D eigenvalue weighted by molar-refractivity contribution is 5.96. The van der Waals surface area contributed by atoms with E-state index >= 15 is 0 Å². The minimum atomic E-state index is -0.317. The van der Waals surface area contributed by atoms with E-state index in [1.807, 2.05) is 32.9 Å². The predicted octanol–water partition coefficient (Wildman–Crippen LogP) is 2.85. The Hall–Kier alpha value is -3.22. The van der Waals surface area contributed by atoms with Gasteiger partial charge in [-0.1, -0.05) is 0 Å². The van der Waals surface area contributed by atoms with E-state index in [0.29, 0.717) is 24.5 Å². The van der Waals surface area contributed by atoms with Crippen molar-refractivity contribution in [2.75, 3.05) is 19.8 Å². The van der Waals surface area contributed by atoms with Crippen LogP contribution >= 0.6 is 0 Å². The number of carbonyl (C=O) groups is 2. The maximum Gasteiger partial charge on any atom is 0.251 e. The largest absolute Gasteiger partial charge is 0.494 e. The van der Waals surface area contributed by atoms with Crippen LogP contribution in [-0.2, 0) is 17.8 Å². The average Bonchev–Trinajstić information content (AvgIpc) is 3.10. The molecule has 2 amide bonds. The third kappa shape index (κ3) is 5.43. The Morgan fingerprint density at radius 1 is 1.07 bits per heavy atom. The van der Waals surface area contributed by atoms with Crippen LogP contribution in [0.2, 0.25) is 0 Å². The monoisotopic (exact) mass is 412 g/mol. The molecule has 0 fully saturated rings. The van der Waals surface area contributed by atoms with Gasteiger partial charge in [-0.3, -0.25) is 9.59 Å². The van der Waals surface area contributed by atoms with Crippen LogP contribution in [0.15, 0.2) is 36.4 Å². The molecule has 2 aromatic rings. The summed E-state index contributed by atoms with van der Waals surface area (Å²) >= 11 is 0. The summed E-state index contributed by atoms with van der Waals surface area (Å²) in [4.78, 5) is 24.5. The number of amides is 2. The van der Waals surface area contributed by atoms with Crippen molar-refractivity contribution in [3.8, 4) is 17.2 Å². The van der Waals surface area contributed by atoms with Crippen molar-refractivity contribution in [1.29, 1.82) is 0 Å². The molecule has 2 N–H and O–H groups in total. The lowest BCUT2D eigenvalue weighted by Crippen LogP contribution is -2.36. The van der Waals surface area contributed by atoms with Crippen LogP contribution in [0.1, 0.15) is 42.3 Å². The van der Waals surface area contributed by atoms with Crippen LogP contribution in [0.25, 0.3) is 0 Å². The third-order valence-corrected chi connectivity index (χ3v) is 4.69. The fraction of sp³-hybridized carbons (Fsp3) is 0.391. The topological polar surface area (TPSA) is 85.9 Å². The lowest BCUT2D eigenvalue weighted by molar-refractivity contribution is -0.120. The molecular formula is C23H28N2O5. The van der Waals surface area contributed by atoms with Gasteiger partial charge in [0, 0.05) is 29.7 Å². The second-order valence-corrected chi connectivity index (χ2v) is 7.05. The minimum absolute atomic E-state index is 0.117. The molecule has 0 aliphatic carbocycles. The van der Waals surface area contributed by atoms with Gasteiger partial charge in [-0.25, -0.2) is 0 Å². The van der Waals surface area contributed by atoms with Gasteiger partial charge in [-0.05, 0) is 57.2 Å². The van der Waals surface area contributed by atoms with Crippen molar-refractivity contribution in [1.82, 2.24) is 10.6 Å². The van der Waals surface area contributed by atoms with Gasteiger partial charge in [-0.2, -0.15) is 0 Å². The maximum absolute atomic E-state index is 12.2. The quantitative estimate of drug-likeness (QED) is 0.662. The molecular weight excluding hydrogens is 384 g/mol. The van der Waals surface area contributed by atoms with Crippen LogP contribution in [0.3, 0.4) is 0 Å². The highest BCUT2D eigenvalue weighted by Gasteiger charge is 2.22. The molecule has 0 radical (unpaired) electrons. The predicted molar refractivity (Wildman–Crippen MR) is 113 cm³/mol. The summed E-state index contributed by atoms with van der Waals surface area (Å²) in [7, 11) is 0. The Morgan fingerprint density at radius 2 is 1.80 bits per heavy atom. The average molecular weight is 412 g/mol. The van der Waals surface area contributed by atoms with Crippen molar-refractivity contribution in [2.45, 2.75) is 39.8 Å². The number of benzene rings is 2. The van der Waals surface area contributed by atoms with E-state index in [4.69, 9.17) is 14.2 Å². The normalized spacial score (nSPS) is 14.4. The highest BCUT2D eigenvalue weighted by atomic mass is 16.5. The van der Waals surface area contributed by atoms with E-state index in [2.05, 4.69) is 10.6 Å². The molecule has 0 unspecified atom stereocenters. The number of nitrogens with one attached hydrogen (secondary N) is 2. The molecule has 30 heavy (non-hydrogen) atoms. The summed E-state index contributed by atoms with van der Waals surface area (Å²) in [5.41, 5.74) is 2.43. The van der Waals surface area contributed by atoms with E-state index in [1.54, 1.807) is 24.3 Å². The molecule has 0 saturated carbocycles. The first kappa shape index (κ1) is 21.5. The fourth-order valence-electron chi connectivity index (χ4n) is 3.30. The maximum atomic E-state index is 12.2. The fourth-order valence-corrected chi connectivity index (χ4v) is 3.30. The number of hydrogen-bond acceptors (Lipinski definition) is 5. The van der Waals surface area contributed by atoms with E-state index in [-0.39, 0.29) is 31.0 Å². The molecule has 0 bridgehead atoms. The van der Waals surface area contributed by atoms with E-state index < -0.39 is 0 Å². The SMILES string of the molecule is CCOc1ccc(C(=O)NCC(=O)NCc2cc3c(cc2OCC)C[C@@H](C)O3)cc1. The second-order valence-electron chi connectivity index (χ2n) is 7.05. The first-order valence-electron chi connectivity index (χ1n) is 10.2. The summed E-state index contributed by atoms with van der Waals surface area (Å²) in [6, 6.07) is 10.7. The van der Waals surface area contributed by atoms with Crippen LogP contribution in [0, 0.1) is 0 Å². The zero-order valence-electron chi connectivity index (χ0n) is 17.6. The molecule has 0 saturated heterocycles. The lowest BCUT2D eigenvalue weighted by Gasteiger charge is -2.13. The van der Waals surface area contributed by atoms with E-state index in [9.17, 15) is 9.59 Å². The second kappa shape index (κ2) is 10.0. The Labute approximate surface area is 176 Å². The molecule has 1 aliphatic heterocycles. The first-order chi connectivity index (χ1) is 14.5. The number of carbonyl (C=O) groups excluding carboxylic acids is 2. The van der Waals surface area contributed by atoms with Crippen molar-refractivity contribution in [3.05, 3.63) is 53.1 Å². The van der Waals surface area contributed by atoms with Gasteiger partial charge in [0.05, 0.1) is 19.8 Å². The summed E-state index contributed by atoms with van der Waals surface area (Å²) in [6.45, 7) is 7.11. The molecule has 2 aromatic carbocycles. The molecule has 1 heterocycles. The van der Waals surface area contributed by atoms with Crippen molar-refractivity contribution >= 4 is 11.8 Å². The number of rotatable bonds is 9. The zero-order valence-corrected chi connectivity index (χ0v) is 17.6. The van der Waals surface area contributed by atoms with Crippen molar-refractivity contribution in [3.63, 3.8) is 0 Å². The third-order valence-electron chi connectivity index (χ3n) is 4.69. The van der Waals surface area contributed by atoms with E-state index in [1.165, 1.54) is 0 Å². The van der Waals surface area contributed by atoms with Crippen LogP contribution in [0.5, 0.6) is 17.2 Å². The van der Waals surface area contributed by atoms with Gasteiger partial charge in [0.25, 0.3) is 5.91 Å². The molecule has 0 spiro atoms. The number of ether oxygens (including phenoxy) is 3. The Balaban J connectivity index is 1.53. The number of hydrogen-bond donors (Lipinski definition) is 2. The number of fused-ring (bicyclic) bond motifs is 1. The molecule has 7 nitrogen and oxygen atoms in total. The molecule has 0 aromatic heterocycles. The van der Waals surface area contributed by atoms with Gasteiger partial charge < -0.3 is 24.8 Å². The molecule has 160 valence electrons. The summed E-state index contributed by atoms with van der Waals surface area (Å²) in [6.07, 6.45) is 0.983.